The molecule has 0 spiro atoms. The number of rotatable bonds is 5. The van der Waals surface area contributed by atoms with Gasteiger partial charge in [-0.25, -0.2) is 18.7 Å². The van der Waals surface area contributed by atoms with Gasteiger partial charge in [-0.05, 0) is 18.4 Å². The quantitative estimate of drug-likeness (QED) is 0.329. The zero-order valence-corrected chi connectivity index (χ0v) is 19.9. The average Bonchev–Trinajstić information content (AvgIpc) is 3.49. The van der Waals surface area contributed by atoms with Crippen LogP contribution in [0.4, 0.5) is 14.6 Å². The lowest BCUT2D eigenvalue weighted by Gasteiger charge is -2.14. The smallest absolute Gasteiger partial charge is 0.245 e. The molecule has 1 atom stereocenters. The standard InChI is InChI=1S/C25H23F2N5O4/c1-5-20(34)31-9-8-14(12-31)25-30-16(23-24(28)29-11-17(13(2)33)32(23)25)7-6-15-21(26)18(35-3)10-19(36-4)22(15)27/h5,10-11,14H,1,8-9,12H2,2-4H3,(H2,28,29)/t14-/m0/s1. The van der Waals surface area contributed by atoms with Crippen molar-refractivity contribution in [1.29, 1.82) is 0 Å². The summed E-state index contributed by atoms with van der Waals surface area (Å²) >= 11 is 0. The normalized spacial score (nSPS) is 14.9. The van der Waals surface area contributed by atoms with Gasteiger partial charge in [0.25, 0.3) is 0 Å². The Morgan fingerprint density at radius 1 is 1.22 bits per heavy atom. The number of amides is 1. The van der Waals surface area contributed by atoms with E-state index in [-0.39, 0.29) is 51.8 Å². The highest BCUT2D eigenvalue weighted by Crippen LogP contribution is 2.33. The van der Waals surface area contributed by atoms with Crippen molar-refractivity contribution in [2.75, 3.05) is 33.0 Å². The fourth-order valence-electron chi connectivity index (χ4n) is 4.19. The van der Waals surface area contributed by atoms with Crippen LogP contribution in [0.1, 0.15) is 46.8 Å². The van der Waals surface area contributed by atoms with Crippen molar-refractivity contribution in [1.82, 2.24) is 19.3 Å². The fourth-order valence-corrected chi connectivity index (χ4v) is 4.19. The van der Waals surface area contributed by atoms with E-state index in [0.29, 0.717) is 25.3 Å². The summed E-state index contributed by atoms with van der Waals surface area (Å²) < 4.78 is 41.2. The van der Waals surface area contributed by atoms with Gasteiger partial charge in [-0.3, -0.25) is 14.0 Å². The van der Waals surface area contributed by atoms with Gasteiger partial charge in [0.2, 0.25) is 5.91 Å². The molecule has 11 heteroatoms. The Labute approximate surface area is 205 Å². The van der Waals surface area contributed by atoms with E-state index in [0.717, 1.165) is 6.07 Å². The Morgan fingerprint density at radius 3 is 2.47 bits per heavy atom. The summed E-state index contributed by atoms with van der Waals surface area (Å²) in [6.07, 6.45) is 3.14. The Hall–Kier alpha value is -4.46. The number of likely N-dealkylation sites (tertiary alicyclic amines) is 1. The molecule has 1 fully saturated rings. The van der Waals surface area contributed by atoms with Crippen LogP contribution in [-0.2, 0) is 4.79 Å². The molecule has 186 valence electrons. The first-order valence-corrected chi connectivity index (χ1v) is 10.9. The van der Waals surface area contributed by atoms with E-state index in [2.05, 4.69) is 28.4 Å². The van der Waals surface area contributed by atoms with E-state index < -0.39 is 17.2 Å². The molecular weight excluding hydrogens is 472 g/mol. The summed E-state index contributed by atoms with van der Waals surface area (Å²) in [6.45, 7) is 5.70. The van der Waals surface area contributed by atoms with Gasteiger partial charge < -0.3 is 20.1 Å². The average molecular weight is 495 g/mol. The molecule has 36 heavy (non-hydrogen) atoms. The van der Waals surface area contributed by atoms with Crippen molar-refractivity contribution >= 4 is 23.0 Å². The van der Waals surface area contributed by atoms with Gasteiger partial charge in [0.1, 0.15) is 28.3 Å². The highest BCUT2D eigenvalue weighted by molar-refractivity contribution is 5.94. The lowest BCUT2D eigenvalue weighted by Crippen LogP contribution is -2.26. The second-order valence-electron chi connectivity index (χ2n) is 8.10. The summed E-state index contributed by atoms with van der Waals surface area (Å²) in [7, 11) is 2.47. The summed E-state index contributed by atoms with van der Waals surface area (Å²) in [6, 6.07) is 1.08. The predicted octanol–water partition coefficient (Wildman–Crippen LogP) is 2.71. The number of Topliss-reactive ketones (excluding diaryl/α,β-unsaturated/α-hetero) is 1. The van der Waals surface area contributed by atoms with Gasteiger partial charge in [-0.2, -0.15) is 0 Å². The molecule has 3 aromatic rings. The van der Waals surface area contributed by atoms with Gasteiger partial charge >= 0.3 is 0 Å². The maximum atomic E-state index is 14.8. The molecule has 0 saturated carbocycles. The van der Waals surface area contributed by atoms with Crippen LogP contribution >= 0.6 is 0 Å². The first kappa shape index (κ1) is 24.7. The highest BCUT2D eigenvalue weighted by atomic mass is 19.1. The molecule has 9 nitrogen and oxygen atoms in total. The van der Waals surface area contributed by atoms with Crippen LogP contribution in [-0.4, -0.2) is 58.3 Å². The van der Waals surface area contributed by atoms with Crippen molar-refractivity contribution in [3.63, 3.8) is 0 Å². The van der Waals surface area contributed by atoms with Crippen LogP contribution in [0.15, 0.2) is 24.9 Å². The zero-order chi connectivity index (χ0) is 26.1. The fraction of sp³-hybridized carbons (Fsp3) is 0.280. The van der Waals surface area contributed by atoms with Gasteiger partial charge in [0, 0.05) is 32.0 Å². The summed E-state index contributed by atoms with van der Waals surface area (Å²) in [5, 5.41) is 0. The van der Waals surface area contributed by atoms with Crippen LogP contribution in [0.5, 0.6) is 11.5 Å². The number of imidazole rings is 1. The van der Waals surface area contributed by atoms with Gasteiger partial charge in [0.05, 0.1) is 20.4 Å². The molecule has 0 aliphatic carbocycles. The maximum Gasteiger partial charge on any atom is 0.245 e. The second-order valence-corrected chi connectivity index (χ2v) is 8.10. The minimum atomic E-state index is -1.00. The molecule has 1 aromatic carbocycles. The number of nitrogen functional groups attached to an aromatic ring is 1. The van der Waals surface area contributed by atoms with Gasteiger partial charge in [-0.1, -0.05) is 12.5 Å². The molecule has 1 amide bonds. The predicted molar refractivity (Wildman–Crippen MR) is 127 cm³/mol. The minimum absolute atomic E-state index is 0.0317. The number of nitrogens with zero attached hydrogens (tertiary/aromatic N) is 4. The van der Waals surface area contributed by atoms with Gasteiger partial charge in [0.15, 0.2) is 34.7 Å². The molecule has 0 radical (unpaired) electrons. The minimum Gasteiger partial charge on any atom is -0.493 e. The molecule has 2 aromatic heterocycles. The number of ether oxygens (including phenoxy) is 2. The van der Waals surface area contributed by atoms with Crippen LogP contribution in [0, 0.1) is 23.5 Å². The molecule has 2 N–H and O–H groups in total. The van der Waals surface area contributed by atoms with Crippen LogP contribution in [0.3, 0.4) is 0 Å². The van der Waals surface area contributed by atoms with Crippen molar-refractivity contribution in [3.8, 4) is 23.3 Å². The number of fused-ring (bicyclic) bond motifs is 1. The zero-order valence-electron chi connectivity index (χ0n) is 19.9. The lowest BCUT2D eigenvalue weighted by atomic mass is 10.1. The number of aromatic nitrogens is 3. The Balaban J connectivity index is 1.92. The van der Waals surface area contributed by atoms with E-state index in [1.165, 1.54) is 33.4 Å². The number of carbonyl (C=O) groups excluding carboxylic acids is 2. The van der Waals surface area contributed by atoms with Crippen molar-refractivity contribution in [2.24, 2.45) is 0 Å². The lowest BCUT2D eigenvalue weighted by molar-refractivity contribution is -0.125. The number of carbonyl (C=O) groups is 2. The maximum absolute atomic E-state index is 14.8. The van der Waals surface area contributed by atoms with E-state index in [1.54, 1.807) is 9.30 Å². The largest absolute Gasteiger partial charge is 0.493 e. The Kier molecular flexibility index (Phi) is 6.61. The summed E-state index contributed by atoms with van der Waals surface area (Å²) in [5.41, 5.74) is 6.08. The van der Waals surface area contributed by atoms with Crippen LogP contribution in [0.2, 0.25) is 0 Å². The second kappa shape index (κ2) is 9.65. The molecule has 1 aliphatic heterocycles. The molecular formula is C25H23F2N5O4. The number of anilines is 1. The van der Waals surface area contributed by atoms with E-state index >= 15 is 0 Å². The summed E-state index contributed by atoms with van der Waals surface area (Å²) in [4.78, 5) is 34.8. The summed E-state index contributed by atoms with van der Waals surface area (Å²) in [5.74, 6) is 2.37. The monoisotopic (exact) mass is 495 g/mol. The molecule has 0 unspecified atom stereocenters. The van der Waals surface area contributed by atoms with Crippen molar-refractivity contribution in [3.05, 3.63) is 59.3 Å². The van der Waals surface area contributed by atoms with Crippen LogP contribution in [0.25, 0.3) is 5.52 Å². The first-order valence-electron chi connectivity index (χ1n) is 10.9. The van der Waals surface area contributed by atoms with Crippen molar-refractivity contribution in [2.45, 2.75) is 19.3 Å². The number of hydrogen-bond donors (Lipinski definition) is 1. The van der Waals surface area contributed by atoms with Gasteiger partial charge in [-0.15, -0.1) is 0 Å². The molecule has 1 saturated heterocycles. The third kappa shape index (κ3) is 4.11. The molecule has 3 heterocycles. The third-order valence-electron chi connectivity index (χ3n) is 5.99. The number of halogens is 2. The number of methoxy groups -OCH3 is 2. The van der Waals surface area contributed by atoms with Crippen molar-refractivity contribution < 1.29 is 27.8 Å². The number of hydrogen-bond acceptors (Lipinski definition) is 7. The first-order chi connectivity index (χ1) is 17.2. The molecule has 0 bridgehead atoms. The number of nitrogens with two attached hydrogens (primary N) is 1. The Bertz CT molecular complexity index is 1440. The van der Waals surface area contributed by atoms with E-state index in [9.17, 15) is 18.4 Å². The van der Waals surface area contributed by atoms with E-state index in [4.69, 9.17) is 15.2 Å². The number of ketones is 1. The Morgan fingerprint density at radius 2 is 1.89 bits per heavy atom. The topological polar surface area (TPSA) is 112 Å². The SMILES string of the molecule is C=CC(=O)N1CC[C@H](c2nc(C#Cc3c(F)c(OC)cc(OC)c3F)c3c(N)ncc(C(C)=O)n23)C1. The highest BCUT2D eigenvalue weighted by Gasteiger charge is 2.31. The molecule has 4 rings (SSSR count). The van der Waals surface area contributed by atoms with Crippen LogP contribution < -0.4 is 15.2 Å². The third-order valence-corrected chi connectivity index (χ3v) is 5.99. The number of benzene rings is 1. The van der Waals surface area contributed by atoms with E-state index in [1.807, 2.05) is 0 Å². The molecule has 1 aliphatic rings.